The van der Waals surface area contributed by atoms with Crippen LogP contribution in [0.25, 0.3) is 0 Å². The summed E-state index contributed by atoms with van der Waals surface area (Å²) in [5.41, 5.74) is 6.60. The summed E-state index contributed by atoms with van der Waals surface area (Å²) in [5, 5.41) is 5.71. The summed E-state index contributed by atoms with van der Waals surface area (Å²) in [4.78, 5) is 17.6. The van der Waals surface area contributed by atoms with Crippen molar-refractivity contribution in [2.75, 3.05) is 0 Å². The molecule has 1 aliphatic heterocycles. The van der Waals surface area contributed by atoms with Crippen LogP contribution in [0.2, 0.25) is 0 Å². The third-order valence-electron chi connectivity index (χ3n) is 8.07. The number of amides is 1. The molecule has 3 saturated carbocycles. The smallest absolute Gasteiger partial charge is 0.229 e. The van der Waals surface area contributed by atoms with E-state index >= 15 is 0 Å². The molecule has 4 N–H and O–H groups in total. The van der Waals surface area contributed by atoms with Gasteiger partial charge >= 0.3 is 0 Å². The third-order valence-corrected chi connectivity index (χ3v) is 8.42. The van der Waals surface area contributed by atoms with Gasteiger partial charge in [-0.1, -0.05) is 19.8 Å². The number of alkyl halides is 4. The van der Waals surface area contributed by atoms with Gasteiger partial charge < -0.3 is 5.32 Å². The number of carbonyl (C=O) groups is 1. The maximum Gasteiger partial charge on any atom is 0.229 e. The fourth-order valence-corrected chi connectivity index (χ4v) is 6.35. The summed E-state index contributed by atoms with van der Waals surface area (Å²) >= 11 is 6.23. The molecule has 1 heterocycles. The van der Waals surface area contributed by atoms with Gasteiger partial charge in [-0.3, -0.25) is 15.5 Å². The second-order valence-corrected chi connectivity index (χ2v) is 11.5. The largest absolute Gasteiger partial charge is 0.353 e. The molecule has 4 rings (SSSR count). The van der Waals surface area contributed by atoms with Crippen molar-refractivity contribution < 1.29 is 18.0 Å². The summed E-state index contributed by atoms with van der Waals surface area (Å²) in [6.07, 6.45) is 2.62. The van der Waals surface area contributed by atoms with E-state index in [4.69, 9.17) is 16.6 Å². The number of guanidine groups is 1. The van der Waals surface area contributed by atoms with Crippen molar-refractivity contribution in [2.45, 2.75) is 120 Å². The molecule has 8 unspecified atom stereocenters. The van der Waals surface area contributed by atoms with Gasteiger partial charge in [0.05, 0.1) is 0 Å². The molecule has 6 nitrogen and oxygen atoms in total. The molecule has 194 valence electrons. The molecule has 0 bridgehead atoms. The molecule has 4 fully saturated rings. The predicted molar refractivity (Wildman–Crippen MR) is 128 cm³/mol. The highest BCUT2D eigenvalue weighted by molar-refractivity contribution is 6.20. The number of hydrazine groups is 1. The summed E-state index contributed by atoms with van der Waals surface area (Å²) in [7, 11) is 0. The average molecular weight is 506 g/mol. The summed E-state index contributed by atoms with van der Waals surface area (Å²) in [6.45, 7) is 2.30. The van der Waals surface area contributed by atoms with E-state index in [1.165, 1.54) is 25.7 Å². The van der Waals surface area contributed by atoms with Crippen LogP contribution in [-0.4, -0.2) is 54.0 Å². The van der Waals surface area contributed by atoms with Crippen LogP contribution >= 0.6 is 11.6 Å². The van der Waals surface area contributed by atoms with Crippen LogP contribution in [0.4, 0.5) is 13.2 Å². The standard InChI is InChI=1S/C24H39ClF3N5O/c1-13-2-4-14(5-3-13)21-12-22(33-32-21)30-24(29-18-10-16(25)9-17(26)11-18)31-23(34)15-6-7-19(27)20(28)8-15/h13-22,32-33H,2-12H2,1H3,(H2,29,30,31,34). The minimum absolute atomic E-state index is 0.0367. The molecule has 4 aliphatic rings. The lowest BCUT2D eigenvalue weighted by molar-refractivity contribution is -0.125. The van der Waals surface area contributed by atoms with Crippen LogP contribution < -0.4 is 21.5 Å². The molecule has 0 radical (unpaired) electrons. The second kappa shape index (κ2) is 11.8. The Bertz CT molecular complexity index is 713. The van der Waals surface area contributed by atoms with Gasteiger partial charge in [-0.05, 0) is 63.2 Å². The van der Waals surface area contributed by atoms with Gasteiger partial charge in [0.25, 0.3) is 0 Å². The minimum atomic E-state index is -1.62. The van der Waals surface area contributed by atoms with Crippen molar-refractivity contribution in [1.29, 1.82) is 0 Å². The van der Waals surface area contributed by atoms with E-state index in [-0.39, 0.29) is 48.7 Å². The highest BCUT2D eigenvalue weighted by Gasteiger charge is 2.36. The van der Waals surface area contributed by atoms with Gasteiger partial charge in [0.1, 0.15) is 24.7 Å². The van der Waals surface area contributed by atoms with E-state index in [1.54, 1.807) is 0 Å². The first-order chi connectivity index (χ1) is 16.3. The maximum atomic E-state index is 14.1. The lowest BCUT2D eigenvalue weighted by atomic mass is 9.79. The van der Waals surface area contributed by atoms with Crippen LogP contribution in [0, 0.1) is 17.8 Å². The lowest BCUT2D eigenvalue weighted by Crippen LogP contribution is -2.51. The Morgan fingerprint density at radius 2 is 1.68 bits per heavy atom. The molecule has 0 aromatic heterocycles. The molecule has 1 amide bonds. The Balaban J connectivity index is 1.40. The van der Waals surface area contributed by atoms with E-state index in [0.717, 1.165) is 12.3 Å². The normalized spacial score (nSPS) is 44.0. The minimum Gasteiger partial charge on any atom is -0.353 e. The van der Waals surface area contributed by atoms with Crippen molar-refractivity contribution >= 4 is 23.5 Å². The SMILES string of the molecule is CC1CCC(C2CC(/N=C(/NC(=O)C3CCC(F)C(F)C3)NC3CC(F)CC(Cl)C3)NN2)CC1. The van der Waals surface area contributed by atoms with Crippen LogP contribution in [0.5, 0.6) is 0 Å². The lowest BCUT2D eigenvalue weighted by Gasteiger charge is -2.31. The third kappa shape index (κ3) is 7.00. The zero-order valence-electron chi connectivity index (χ0n) is 19.9. The van der Waals surface area contributed by atoms with Crippen molar-refractivity contribution in [3.63, 3.8) is 0 Å². The number of hydrogen-bond donors (Lipinski definition) is 4. The highest BCUT2D eigenvalue weighted by atomic mass is 35.5. The number of aliphatic imine (C=N–C) groups is 1. The van der Waals surface area contributed by atoms with Gasteiger partial charge in [0, 0.05) is 29.8 Å². The van der Waals surface area contributed by atoms with Crippen molar-refractivity contribution in [3.8, 4) is 0 Å². The van der Waals surface area contributed by atoms with Gasteiger partial charge in [-0.2, -0.15) is 0 Å². The first-order valence-corrected chi connectivity index (χ1v) is 13.4. The van der Waals surface area contributed by atoms with E-state index < -0.39 is 24.4 Å². The average Bonchev–Trinajstić information content (AvgIpc) is 3.23. The molecule has 0 aromatic carbocycles. The first-order valence-electron chi connectivity index (χ1n) is 13.0. The van der Waals surface area contributed by atoms with Crippen molar-refractivity contribution in [3.05, 3.63) is 0 Å². The van der Waals surface area contributed by atoms with Crippen LogP contribution in [-0.2, 0) is 4.79 Å². The monoisotopic (exact) mass is 505 g/mol. The van der Waals surface area contributed by atoms with E-state index in [0.29, 0.717) is 31.2 Å². The molecule has 1 saturated heterocycles. The van der Waals surface area contributed by atoms with E-state index in [2.05, 4.69) is 28.4 Å². The zero-order valence-corrected chi connectivity index (χ0v) is 20.7. The van der Waals surface area contributed by atoms with Gasteiger partial charge in [-0.15, -0.1) is 11.6 Å². The Kier molecular flexibility index (Phi) is 9.02. The molecule has 8 atom stereocenters. The highest BCUT2D eigenvalue weighted by Crippen LogP contribution is 2.33. The van der Waals surface area contributed by atoms with Crippen LogP contribution in [0.3, 0.4) is 0 Å². The van der Waals surface area contributed by atoms with Crippen LogP contribution in [0.1, 0.15) is 77.6 Å². The zero-order chi connectivity index (χ0) is 24.2. The van der Waals surface area contributed by atoms with Gasteiger partial charge in [0.2, 0.25) is 5.91 Å². The second-order valence-electron chi connectivity index (χ2n) is 10.9. The fourth-order valence-electron chi connectivity index (χ4n) is 5.94. The topological polar surface area (TPSA) is 77.5 Å². The summed E-state index contributed by atoms with van der Waals surface area (Å²) in [5.74, 6) is 0.640. The molecular formula is C24H39ClF3N5O. The van der Waals surface area contributed by atoms with Gasteiger partial charge in [0.15, 0.2) is 5.96 Å². The molecule has 34 heavy (non-hydrogen) atoms. The Hall–Kier alpha value is -1.06. The Labute approximate surface area is 205 Å². The number of nitrogens with one attached hydrogen (secondary N) is 4. The first kappa shape index (κ1) is 26.0. The quantitative estimate of drug-likeness (QED) is 0.264. The van der Waals surface area contributed by atoms with Crippen molar-refractivity contribution in [1.82, 2.24) is 21.5 Å². The number of halogens is 4. The molecule has 0 aromatic rings. The van der Waals surface area contributed by atoms with Crippen LogP contribution in [0.15, 0.2) is 4.99 Å². The molecule has 3 aliphatic carbocycles. The number of nitrogens with zero attached hydrogens (tertiary/aromatic N) is 1. The number of carbonyl (C=O) groups excluding carboxylic acids is 1. The Morgan fingerprint density at radius 3 is 2.38 bits per heavy atom. The maximum absolute atomic E-state index is 14.1. The summed E-state index contributed by atoms with van der Waals surface area (Å²) in [6, 6.07) is 0.0493. The molecule has 10 heteroatoms. The number of rotatable bonds is 4. The summed E-state index contributed by atoms with van der Waals surface area (Å²) < 4.78 is 41.5. The molecule has 0 spiro atoms. The molecular weight excluding hydrogens is 467 g/mol. The van der Waals surface area contributed by atoms with E-state index in [1.807, 2.05) is 0 Å². The van der Waals surface area contributed by atoms with Crippen molar-refractivity contribution in [2.24, 2.45) is 22.7 Å². The number of hydrogen-bond acceptors (Lipinski definition) is 4. The Morgan fingerprint density at radius 1 is 0.912 bits per heavy atom. The van der Waals surface area contributed by atoms with E-state index in [9.17, 15) is 18.0 Å². The van der Waals surface area contributed by atoms with Gasteiger partial charge in [-0.25, -0.2) is 23.6 Å². The predicted octanol–water partition coefficient (Wildman–Crippen LogP) is 4.04. The fraction of sp³-hybridized carbons (Fsp3) is 0.917.